The van der Waals surface area contributed by atoms with Crippen LogP contribution >= 0.6 is 11.3 Å². The largest absolute Gasteiger partial charge is 0.463 e. The van der Waals surface area contributed by atoms with Crippen molar-refractivity contribution >= 4 is 27.5 Å². The summed E-state index contributed by atoms with van der Waals surface area (Å²) in [6.45, 7) is 3.99. The van der Waals surface area contributed by atoms with Crippen LogP contribution in [0.4, 0.5) is 4.39 Å². The minimum atomic E-state index is -0.579. The van der Waals surface area contributed by atoms with Crippen molar-refractivity contribution in [3.63, 3.8) is 0 Å². The summed E-state index contributed by atoms with van der Waals surface area (Å²) in [5.41, 5.74) is 1.33. The molecule has 0 aliphatic heterocycles. The van der Waals surface area contributed by atoms with Gasteiger partial charge in [-0.1, -0.05) is 19.1 Å². The zero-order valence-electron chi connectivity index (χ0n) is 16.7. The summed E-state index contributed by atoms with van der Waals surface area (Å²) in [7, 11) is 1.28. The standard InChI is InChI=1S/C22H19FN2O4S/c1-4-17-24-20-19(18(12(2)30-20)13-5-7-14(23)8-6-13)21(26)25(17)11-15-9-10-16(29-15)22(27)28-3/h5-10H,4,11H2,1-3H3. The molecule has 0 saturated carbocycles. The number of methoxy groups -OCH3 is 1. The number of fused-ring (bicyclic) bond motifs is 1. The van der Waals surface area contributed by atoms with Gasteiger partial charge in [0.05, 0.1) is 19.0 Å². The van der Waals surface area contributed by atoms with E-state index >= 15 is 0 Å². The number of carbonyl (C=O) groups excluding carboxylic acids is 1. The number of aromatic nitrogens is 2. The fraction of sp³-hybridized carbons (Fsp3) is 0.227. The second-order valence-electron chi connectivity index (χ2n) is 6.75. The van der Waals surface area contributed by atoms with Crippen LogP contribution in [0, 0.1) is 12.7 Å². The molecule has 0 radical (unpaired) electrons. The van der Waals surface area contributed by atoms with Gasteiger partial charge in [0, 0.05) is 16.9 Å². The number of aryl methyl sites for hydroxylation is 2. The van der Waals surface area contributed by atoms with Crippen LogP contribution in [0.3, 0.4) is 0 Å². The molecule has 6 nitrogen and oxygen atoms in total. The molecule has 154 valence electrons. The molecule has 0 unspecified atom stereocenters. The number of hydrogen-bond donors (Lipinski definition) is 0. The maximum Gasteiger partial charge on any atom is 0.373 e. The van der Waals surface area contributed by atoms with Gasteiger partial charge in [0.2, 0.25) is 5.76 Å². The highest BCUT2D eigenvalue weighted by atomic mass is 32.1. The number of rotatable bonds is 5. The molecule has 3 heterocycles. The van der Waals surface area contributed by atoms with Gasteiger partial charge >= 0.3 is 5.97 Å². The third kappa shape index (κ3) is 3.43. The van der Waals surface area contributed by atoms with Crippen molar-refractivity contribution in [3.8, 4) is 11.1 Å². The number of halogens is 1. The number of carbonyl (C=O) groups is 1. The van der Waals surface area contributed by atoms with Crippen LogP contribution in [0.2, 0.25) is 0 Å². The average Bonchev–Trinajstić information content (AvgIpc) is 3.34. The topological polar surface area (TPSA) is 74.3 Å². The van der Waals surface area contributed by atoms with E-state index in [9.17, 15) is 14.0 Å². The van der Waals surface area contributed by atoms with Gasteiger partial charge in [0.1, 0.15) is 22.2 Å². The van der Waals surface area contributed by atoms with E-state index in [1.54, 1.807) is 22.8 Å². The number of thiophene rings is 1. The zero-order chi connectivity index (χ0) is 21.4. The fourth-order valence-corrected chi connectivity index (χ4v) is 4.52. The Bertz CT molecular complexity index is 1300. The summed E-state index contributed by atoms with van der Waals surface area (Å²) in [6, 6.07) is 9.24. The number of esters is 1. The number of hydrogen-bond acceptors (Lipinski definition) is 6. The van der Waals surface area contributed by atoms with Gasteiger partial charge in [-0.25, -0.2) is 14.2 Å². The maximum absolute atomic E-state index is 13.5. The molecular formula is C22H19FN2O4S. The van der Waals surface area contributed by atoms with E-state index in [1.807, 2.05) is 13.8 Å². The zero-order valence-corrected chi connectivity index (χ0v) is 17.5. The highest BCUT2D eigenvalue weighted by Crippen LogP contribution is 2.36. The Morgan fingerprint density at radius 2 is 1.97 bits per heavy atom. The molecule has 30 heavy (non-hydrogen) atoms. The van der Waals surface area contributed by atoms with Crippen LogP contribution in [0.1, 0.15) is 33.9 Å². The minimum Gasteiger partial charge on any atom is -0.463 e. The molecule has 0 fully saturated rings. The van der Waals surface area contributed by atoms with Crippen LogP contribution in [-0.2, 0) is 17.7 Å². The van der Waals surface area contributed by atoms with Crippen molar-refractivity contribution in [3.05, 3.63) is 74.8 Å². The third-order valence-electron chi connectivity index (χ3n) is 4.88. The van der Waals surface area contributed by atoms with E-state index in [4.69, 9.17) is 9.40 Å². The Morgan fingerprint density at radius 1 is 1.23 bits per heavy atom. The lowest BCUT2D eigenvalue weighted by Crippen LogP contribution is -2.25. The van der Waals surface area contributed by atoms with E-state index in [-0.39, 0.29) is 23.7 Å². The van der Waals surface area contributed by atoms with Gasteiger partial charge in [0.15, 0.2) is 0 Å². The Morgan fingerprint density at radius 3 is 2.63 bits per heavy atom. The number of ether oxygens (including phenoxy) is 1. The maximum atomic E-state index is 13.5. The second kappa shape index (κ2) is 7.87. The molecule has 1 aromatic carbocycles. The predicted molar refractivity (Wildman–Crippen MR) is 113 cm³/mol. The van der Waals surface area contributed by atoms with Crippen LogP contribution < -0.4 is 5.56 Å². The first kappa shape index (κ1) is 20.0. The highest BCUT2D eigenvalue weighted by molar-refractivity contribution is 7.19. The van der Waals surface area contributed by atoms with Crippen molar-refractivity contribution < 1.29 is 18.3 Å². The van der Waals surface area contributed by atoms with Crippen molar-refractivity contribution in [1.82, 2.24) is 9.55 Å². The van der Waals surface area contributed by atoms with E-state index in [0.29, 0.717) is 28.2 Å². The molecule has 0 aliphatic carbocycles. The molecule has 4 aromatic rings. The van der Waals surface area contributed by atoms with Crippen LogP contribution in [-0.4, -0.2) is 22.6 Å². The van der Waals surface area contributed by atoms with Gasteiger partial charge in [-0.3, -0.25) is 9.36 Å². The normalized spacial score (nSPS) is 11.2. The molecule has 0 spiro atoms. The summed E-state index contributed by atoms with van der Waals surface area (Å²) < 4.78 is 25.2. The smallest absolute Gasteiger partial charge is 0.373 e. The highest BCUT2D eigenvalue weighted by Gasteiger charge is 2.20. The van der Waals surface area contributed by atoms with Gasteiger partial charge < -0.3 is 9.15 Å². The Hall–Kier alpha value is -3.26. The number of furan rings is 1. The molecule has 0 aliphatic rings. The Labute approximate surface area is 175 Å². The Kier molecular flexibility index (Phi) is 5.26. The van der Waals surface area contributed by atoms with Crippen LogP contribution in [0.15, 0.2) is 45.6 Å². The van der Waals surface area contributed by atoms with Gasteiger partial charge in [-0.05, 0) is 36.8 Å². The molecule has 0 N–H and O–H groups in total. The van der Waals surface area contributed by atoms with E-state index in [2.05, 4.69) is 4.74 Å². The van der Waals surface area contributed by atoms with Crippen molar-refractivity contribution in [2.24, 2.45) is 0 Å². The molecule has 0 saturated heterocycles. The molecule has 0 amide bonds. The summed E-state index contributed by atoms with van der Waals surface area (Å²) in [4.78, 5) is 31.5. The molecule has 8 heteroatoms. The van der Waals surface area contributed by atoms with Crippen molar-refractivity contribution in [2.75, 3.05) is 7.11 Å². The lowest BCUT2D eigenvalue weighted by Gasteiger charge is -2.10. The first-order chi connectivity index (χ1) is 14.4. The van der Waals surface area contributed by atoms with Crippen LogP contribution in [0.5, 0.6) is 0 Å². The lowest BCUT2D eigenvalue weighted by molar-refractivity contribution is 0.0563. The summed E-state index contributed by atoms with van der Waals surface area (Å²) >= 11 is 1.44. The molecule has 0 bridgehead atoms. The SMILES string of the molecule is CCc1nc2sc(C)c(-c3ccc(F)cc3)c2c(=O)n1Cc1ccc(C(=O)OC)o1. The molecule has 0 atom stereocenters. The number of benzene rings is 1. The van der Waals surface area contributed by atoms with Crippen LogP contribution in [0.25, 0.3) is 21.3 Å². The predicted octanol–water partition coefficient (Wildman–Crippen LogP) is 4.56. The fourth-order valence-electron chi connectivity index (χ4n) is 3.46. The summed E-state index contributed by atoms with van der Waals surface area (Å²) in [5.74, 6) is 0.231. The first-order valence-electron chi connectivity index (χ1n) is 9.38. The van der Waals surface area contributed by atoms with E-state index < -0.39 is 5.97 Å². The third-order valence-corrected chi connectivity index (χ3v) is 5.88. The lowest BCUT2D eigenvalue weighted by atomic mass is 10.0. The summed E-state index contributed by atoms with van der Waals surface area (Å²) in [6.07, 6.45) is 0.554. The van der Waals surface area contributed by atoms with E-state index in [1.165, 1.54) is 36.6 Å². The van der Waals surface area contributed by atoms with Crippen molar-refractivity contribution in [2.45, 2.75) is 26.8 Å². The number of nitrogens with zero attached hydrogens (tertiary/aromatic N) is 2. The average molecular weight is 426 g/mol. The van der Waals surface area contributed by atoms with Crippen molar-refractivity contribution in [1.29, 1.82) is 0 Å². The molecule has 4 rings (SSSR count). The molecular weight excluding hydrogens is 407 g/mol. The second-order valence-corrected chi connectivity index (χ2v) is 7.95. The monoisotopic (exact) mass is 426 g/mol. The van der Waals surface area contributed by atoms with Gasteiger partial charge in [-0.15, -0.1) is 11.3 Å². The minimum absolute atomic E-state index is 0.0750. The quantitative estimate of drug-likeness (QED) is 0.437. The summed E-state index contributed by atoms with van der Waals surface area (Å²) in [5, 5.41) is 0.501. The Balaban J connectivity index is 1.87. The van der Waals surface area contributed by atoms with E-state index in [0.717, 1.165) is 16.0 Å². The van der Waals surface area contributed by atoms with Gasteiger partial charge in [-0.2, -0.15) is 0 Å². The first-order valence-corrected chi connectivity index (χ1v) is 10.2. The molecule has 3 aromatic heterocycles. The van der Waals surface area contributed by atoms with Gasteiger partial charge in [0.25, 0.3) is 5.56 Å².